The summed E-state index contributed by atoms with van der Waals surface area (Å²) in [6.45, 7) is 7.24. The van der Waals surface area contributed by atoms with Gasteiger partial charge in [0.2, 0.25) is 5.60 Å². The Kier molecular flexibility index (Phi) is 3.91. The third-order valence-corrected chi connectivity index (χ3v) is 6.87. The van der Waals surface area contributed by atoms with Crippen molar-refractivity contribution in [3.05, 3.63) is 113 Å². The van der Waals surface area contributed by atoms with Gasteiger partial charge in [-0.1, -0.05) is 42.5 Å². The van der Waals surface area contributed by atoms with Crippen LogP contribution >= 0.6 is 0 Å². The predicted molar refractivity (Wildman–Crippen MR) is 126 cm³/mol. The maximum Gasteiger partial charge on any atom is 0.340 e. The molecule has 0 saturated carbocycles. The van der Waals surface area contributed by atoms with Crippen LogP contribution in [0.2, 0.25) is 0 Å². The molecule has 1 aliphatic heterocycles. The van der Waals surface area contributed by atoms with Gasteiger partial charge in [0, 0.05) is 46.0 Å². The number of hydrogen-bond acceptors (Lipinski definition) is 2. The van der Waals surface area contributed by atoms with Crippen molar-refractivity contribution in [3.8, 4) is 0 Å². The number of aryl methyl sites for hydroxylation is 2. The van der Waals surface area contributed by atoms with E-state index in [2.05, 4.69) is 72.3 Å². The Morgan fingerprint density at radius 3 is 2.53 bits per heavy atom. The van der Waals surface area contributed by atoms with Gasteiger partial charge in [-0.15, -0.1) is 0 Å². The Bertz CT molecular complexity index is 1540. The van der Waals surface area contributed by atoms with Gasteiger partial charge in [0.25, 0.3) is 0 Å². The number of aromatic nitrogens is 2. The second kappa shape index (κ2) is 6.60. The molecular formula is C28H24N2O2. The minimum absolute atomic E-state index is 0.279. The minimum Gasteiger partial charge on any atom is -0.439 e. The van der Waals surface area contributed by atoms with Gasteiger partial charge in [-0.25, -0.2) is 4.79 Å². The molecule has 4 heteroatoms. The summed E-state index contributed by atoms with van der Waals surface area (Å²) in [4.78, 5) is 13.3. The highest BCUT2D eigenvalue weighted by molar-refractivity contribution is 5.98. The summed E-state index contributed by atoms with van der Waals surface area (Å²) in [5, 5.41) is 1.11. The molecule has 4 heterocycles. The normalized spacial score (nSPS) is 17.8. The predicted octanol–water partition coefficient (Wildman–Crippen LogP) is 5.99. The molecule has 0 bridgehead atoms. The van der Waals surface area contributed by atoms with E-state index in [1.807, 2.05) is 36.4 Å². The summed E-state index contributed by atoms with van der Waals surface area (Å²) in [5.41, 5.74) is 6.96. The summed E-state index contributed by atoms with van der Waals surface area (Å²) in [5.74, 6) is -0.279. The van der Waals surface area contributed by atoms with Gasteiger partial charge in [0.15, 0.2) is 0 Å². The molecule has 2 aromatic carbocycles. The number of rotatable bonds is 3. The molecule has 0 saturated heterocycles. The zero-order chi connectivity index (χ0) is 22.0. The summed E-state index contributed by atoms with van der Waals surface area (Å²) in [6.07, 6.45) is 2.06. The fraction of sp³-hybridized carbons (Fsp3) is 0.179. The molecule has 1 aliphatic rings. The maximum absolute atomic E-state index is 13.3. The summed E-state index contributed by atoms with van der Waals surface area (Å²) in [6, 6.07) is 24.6. The molecule has 3 aromatic heterocycles. The number of hydrogen-bond donors (Lipinski definition) is 0. The highest BCUT2D eigenvalue weighted by Gasteiger charge is 2.53. The van der Waals surface area contributed by atoms with Crippen molar-refractivity contribution in [3.63, 3.8) is 0 Å². The van der Waals surface area contributed by atoms with Gasteiger partial charge in [-0.2, -0.15) is 0 Å². The van der Waals surface area contributed by atoms with Crippen molar-refractivity contribution < 1.29 is 9.53 Å². The molecule has 4 nitrogen and oxygen atoms in total. The lowest BCUT2D eigenvalue weighted by molar-refractivity contribution is 0.0237. The molecule has 1 unspecified atom stereocenters. The Hall–Kier alpha value is -3.79. The van der Waals surface area contributed by atoms with Crippen LogP contribution in [-0.4, -0.2) is 14.9 Å². The molecular weight excluding hydrogens is 396 g/mol. The molecule has 0 radical (unpaired) electrons. The first kappa shape index (κ1) is 18.9. The van der Waals surface area contributed by atoms with Crippen LogP contribution in [0.3, 0.4) is 0 Å². The number of pyridine rings is 1. The van der Waals surface area contributed by atoms with Crippen molar-refractivity contribution in [1.29, 1.82) is 0 Å². The van der Waals surface area contributed by atoms with Crippen molar-refractivity contribution in [2.24, 2.45) is 0 Å². The minimum atomic E-state index is -1.03. The average molecular weight is 421 g/mol. The molecule has 1 atom stereocenters. The van der Waals surface area contributed by atoms with Crippen LogP contribution in [0, 0.1) is 13.8 Å². The molecule has 0 N–H and O–H groups in total. The Morgan fingerprint density at radius 1 is 0.938 bits per heavy atom. The standard InChI is InChI=1S/C28H24N2O2/c1-4-29-19(3)25(22-13-6-8-15-24(22)29)28(23-14-7-5-12-21(23)27(31)32-28)26-18(2)17-20-11-9-10-16-30(20)26/h5-17H,4H2,1-3H3. The lowest BCUT2D eigenvalue weighted by Crippen LogP contribution is -2.32. The van der Waals surface area contributed by atoms with Crippen molar-refractivity contribution >= 4 is 22.4 Å². The molecule has 0 aliphatic carbocycles. The average Bonchev–Trinajstić information content (AvgIpc) is 3.40. The number of fused-ring (bicyclic) bond motifs is 3. The van der Waals surface area contributed by atoms with E-state index >= 15 is 0 Å². The van der Waals surface area contributed by atoms with Crippen molar-refractivity contribution in [2.45, 2.75) is 32.9 Å². The topological polar surface area (TPSA) is 35.6 Å². The molecule has 0 amide bonds. The quantitative estimate of drug-likeness (QED) is 0.336. The van der Waals surface area contributed by atoms with Gasteiger partial charge in [-0.3, -0.25) is 0 Å². The highest BCUT2D eigenvalue weighted by Crippen LogP contribution is 2.52. The molecule has 6 rings (SSSR count). The van der Waals surface area contributed by atoms with Crippen LogP contribution in [0.1, 0.15) is 45.4 Å². The van der Waals surface area contributed by atoms with Gasteiger partial charge in [0.1, 0.15) is 0 Å². The molecule has 5 aromatic rings. The number of ether oxygens (including phenoxy) is 1. The van der Waals surface area contributed by atoms with E-state index in [4.69, 9.17) is 4.74 Å². The summed E-state index contributed by atoms with van der Waals surface area (Å²) < 4.78 is 11.0. The van der Waals surface area contributed by atoms with Crippen LogP contribution in [0.4, 0.5) is 0 Å². The zero-order valence-corrected chi connectivity index (χ0v) is 18.4. The van der Waals surface area contributed by atoms with Gasteiger partial charge in [-0.05, 0) is 56.7 Å². The molecule has 0 spiro atoms. The fourth-order valence-corrected chi connectivity index (χ4v) is 5.69. The largest absolute Gasteiger partial charge is 0.439 e. The lowest BCUT2D eigenvalue weighted by Gasteiger charge is -2.31. The maximum atomic E-state index is 13.3. The first-order chi connectivity index (χ1) is 15.6. The fourth-order valence-electron chi connectivity index (χ4n) is 5.69. The number of esters is 1. The second-order valence-electron chi connectivity index (χ2n) is 8.51. The highest BCUT2D eigenvalue weighted by atomic mass is 16.6. The van der Waals surface area contributed by atoms with Crippen molar-refractivity contribution in [1.82, 2.24) is 8.97 Å². The van der Waals surface area contributed by atoms with Crippen LogP contribution in [0.5, 0.6) is 0 Å². The third-order valence-electron chi connectivity index (χ3n) is 6.87. The smallest absolute Gasteiger partial charge is 0.340 e. The first-order valence-corrected chi connectivity index (χ1v) is 11.1. The Labute approximate surface area is 186 Å². The second-order valence-corrected chi connectivity index (χ2v) is 8.51. The molecule has 32 heavy (non-hydrogen) atoms. The number of para-hydroxylation sites is 1. The van der Waals surface area contributed by atoms with Crippen LogP contribution in [0.25, 0.3) is 16.4 Å². The number of nitrogens with zero attached hydrogens (tertiary/aromatic N) is 2. The molecule has 158 valence electrons. The van der Waals surface area contributed by atoms with E-state index in [9.17, 15) is 4.79 Å². The van der Waals surface area contributed by atoms with Crippen LogP contribution < -0.4 is 0 Å². The summed E-state index contributed by atoms with van der Waals surface area (Å²) >= 11 is 0. The number of carbonyl (C=O) groups excluding carboxylic acids is 1. The van der Waals surface area contributed by atoms with E-state index in [1.54, 1.807) is 0 Å². The van der Waals surface area contributed by atoms with E-state index in [0.717, 1.165) is 51.0 Å². The number of carbonyl (C=O) groups is 1. The summed E-state index contributed by atoms with van der Waals surface area (Å²) in [7, 11) is 0. The van der Waals surface area contributed by atoms with Crippen LogP contribution in [-0.2, 0) is 16.9 Å². The Morgan fingerprint density at radius 2 is 1.69 bits per heavy atom. The van der Waals surface area contributed by atoms with Crippen LogP contribution in [0.15, 0.2) is 79.0 Å². The zero-order valence-electron chi connectivity index (χ0n) is 18.4. The van der Waals surface area contributed by atoms with Crippen molar-refractivity contribution in [2.75, 3.05) is 0 Å². The van der Waals surface area contributed by atoms with E-state index in [-0.39, 0.29) is 5.97 Å². The van der Waals surface area contributed by atoms with Gasteiger partial charge >= 0.3 is 5.97 Å². The molecule has 0 fully saturated rings. The van der Waals surface area contributed by atoms with E-state index < -0.39 is 5.60 Å². The van der Waals surface area contributed by atoms with E-state index in [1.165, 1.54) is 0 Å². The number of cyclic esters (lactones) is 1. The van der Waals surface area contributed by atoms with Gasteiger partial charge < -0.3 is 13.7 Å². The first-order valence-electron chi connectivity index (χ1n) is 11.1. The Balaban J connectivity index is 1.85. The third kappa shape index (κ3) is 2.24. The number of benzene rings is 2. The lowest BCUT2D eigenvalue weighted by atomic mass is 9.80. The van der Waals surface area contributed by atoms with Gasteiger partial charge in [0.05, 0.1) is 11.3 Å². The van der Waals surface area contributed by atoms with E-state index in [0.29, 0.717) is 5.56 Å². The SMILES string of the molecule is CCn1c(C)c(C2(c3c(C)cc4ccccn34)OC(=O)c3ccccc32)c2ccccc21. The monoisotopic (exact) mass is 420 g/mol.